The minimum absolute atomic E-state index is 0.197. The highest BCUT2D eigenvalue weighted by molar-refractivity contribution is 9.10. The lowest BCUT2D eigenvalue weighted by molar-refractivity contribution is 0.0922. The smallest absolute Gasteiger partial charge is 0.287 e. The van der Waals surface area contributed by atoms with Crippen molar-refractivity contribution in [3.8, 4) is 5.82 Å². The van der Waals surface area contributed by atoms with E-state index in [1.54, 1.807) is 41.3 Å². The summed E-state index contributed by atoms with van der Waals surface area (Å²) >= 11 is 3.13. The Hall–Kier alpha value is -2.68. The van der Waals surface area contributed by atoms with Gasteiger partial charge in [-0.15, -0.1) is 5.10 Å². The fraction of sp³-hybridized carbons (Fsp3) is 0.143. The van der Waals surface area contributed by atoms with Crippen LogP contribution in [0.15, 0.2) is 56.6 Å². The summed E-state index contributed by atoms with van der Waals surface area (Å²) in [6, 6.07) is 7.95. The molecule has 3 heterocycles. The number of furan rings is 1. The number of nitrogens with one attached hydrogen (secondary N) is 1. The molecular formula is C14H12BrN5O3. The third kappa shape index (κ3) is 3.57. The number of carbonyl (C=O) groups excluding carboxylic acids is 1. The van der Waals surface area contributed by atoms with Crippen molar-refractivity contribution in [1.29, 1.82) is 0 Å². The lowest BCUT2D eigenvalue weighted by Gasteiger charge is -2.07. The molecule has 9 heteroatoms. The molecule has 0 spiro atoms. The summed E-state index contributed by atoms with van der Waals surface area (Å²) in [6.45, 7) is 0.480. The molecule has 23 heavy (non-hydrogen) atoms. The summed E-state index contributed by atoms with van der Waals surface area (Å²) < 4.78 is 8.45. The van der Waals surface area contributed by atoms with E-state index < -0.39 is 0 Å². The Morgan fingerprint density at radius 2 is 2.17 bits per heavy atom. The minimum atomic E-state index is -0.355. The maximum atomic E-state index is 11.8. The van der Waals surface area contributed by atoms with E-state index in [9.17, 15) is 9.59 Å². The van der Waals surface area contributed by atoms with Crippen molar-refractivity contribution < 1.29 is 9.21 Å². The van der Waals surface area contributed by atoms with Gasteiger partial charge in [0.25, 0.3) is 11.5 Å². The van der Waals surface area contributed by atoms with Gasteiger partial charge in [0.1, 0.15) is 0 Å². The van der Waals surface area contributed by atoms with E-state index in [1.165, 1.54) is 10.7 Å². The summed E-state index contributed by atoms with van der Waals surface area (Å²) in [5, 5.41) is 10.9. The van der Waals surface area contributed by atoms with Crippen LogP contribution in [0.3, 0.4) is 0 Å². The molecule has 3 rings (SSSR count). The first-order valence-electron chi connectivity index (χ1n) is 6.75. The van der Waals surface area contributed by atoms with Crippen LogP contribution in [-0.4, -0.2) is 32.0 Å². The number of amides is 1. The molecule has 0 saturated heterocycles. The Morgan fingerprint density at radius 3 is 2.87 bits per heavy atom. The zero-order valence-corrected chi connectivity index (χ0v) is 13.4. The topological polar surface area (TPSA) is 95.0 Å². The van der Waals surface area contributed by atoms with Gasteiger partial charge in [0.2, 0.25) is 0 Å². The average Bonchev–Trinajstić information content (AvgIpc) is 3.20. The second-order valence-corrected chi connectivity index (χ2v) is 5.34. The molecule has 0 atom stereocenters. The summed E-state index contributed by atoms with van der Waals surface area (Å²) in [4.78, 5) is 23.7. The molecule has 118 valence electrons. The Balaban J connectivity index is 1.65. The fourth-order valence-corrected chi connectivity index (χ4v) is 2.23. The number of aromatic nitrogens is 4. The van der Waals surface area contributed by atoms with Crippen molar-refractivity contribution in [2.45, 2.75) is 6.54 Å². The zero-order valence-electron chi connectivity index (χ0n) is 11.8. The number of nitrogens with zero attached hydrogens (tertiary/aromatic N) is 4. The minimum Gasteiger partial charge on any atom is -0.444 e. The fourth-order valence-electron chi connectivity index (χ4n) is 1.92. The Labute approximate surface area is 138 Å². The van der Waals surface area contributed by atoms with Crippen LogP contribution in [0.25, 0.3) is 5.82 Å². The second-order valence-electron chi connectivity index (χ2n) is 4.56. The van der Waals surface area contributed by atoms with Crippen molar-refractivity contribution in [3.63, 3.8) is 0 Å². The van der Waals surface area contributed by atoms with E-state index in [0.29, 0.717) is 10.5 Å². The molecule has 3 aromatic rings. The van der Waals surface area contributed by atoms with Crippen LogP contribution in [0.1, 0.15) is 10.6 Å². The second kappa shape index (κ2) is 6.61. The Kier molecular flexibility index (Phi) is 4.38. The van der Waals surface area contributed by atoms with Gasteiger partial charge in [0.15, 0.2) is 16.2 Å². The van der Waals surface area contributed by atoms with Gasteiger partial charge in [-0.1, -0.05) is 0 Å². The summed E-state index contributed by atoms with van der Waals surface area (Å²) in [6.07, 6.45) is 3.35. The van der Waals surface area contributed by atoms with Gasteiger partial charge < -0.3 is 9.73 Å². The van der Waals surface area contributed by atoms with Gasteiger partial charge in [-0.2, -0.15) is 5.10 Å². The largest absolute Gasteiger partial charge is 0.444 e. The van der Waals surface area contributed by atoms with Crippen LogP contribution in [0.5, 0.6) is 0 Å². The number of carbonyl (C=O) groups is 1. The van der Waals surface area contributed by atoms with Gasteiger partial charge in [0, 0.05) is 25.0 Å². The van der Waals surface area contributed by atoms with Gasteiger partial charge in [0.05, 0.1) is 6.54 Å². The number of rotatable bonds is 5. The maximum Gasteiger partial charge on any atom is 0.287 e. The van der Waals surface area contributed by atoms with Gasteiger partial charge >= 0.3 is 0 Å². The van der Waals surface area contributed by atoms with Crippen LogP contribution in [0.2, 0.25) is 0 Å². The van der Waals surface area contributed by atoms with Crippen LogP contribution in [-0.2, 0) is 6.54 Å². The van der Waals surface area contributed by atoms with Crippen molar-refractivity contribution >= 4 is 21.8 Å². The predicted molar refractivity (Wildman–Crippen MR) is 84.4 cm³/mol. The first-order valence-corrected chi connectivity index (χ1v) is 7.54. The zero-order chi connectivity index (χ0) is 16.2. The number of halogens is 1. The van der Waals surface area contributed by atoms with Crippen LogP contribution in [0, 0.1) is 0 Å². The molecule has 0 fully saturated rings. The molecular weight excluding hydrogens is 366 g/mol. The molecule has 0 unspecified atom stereocenters. The molecule has 0 aliphatic heterocycles. The van der Waals surface area contributed by atoms with E-state index in [4.69, 9.17) is 4.42 Å². The molecule has 0 aliphatic carbocycles. The molecule has 0 radical (unpaired) electrons. The summed E-state index contributed by atoms with van der Waals surface area (Å²) in [7, 11) is 0. The SMILES string of the molecule is O=C(NCCn1nc(-n2cccn2)ccc1=O)c1ccc(Br)o1. The number of hydrogen-bond acceptors (Lipinski definition) is 5. The quantitative estimate of drug-likeness (QED) is 0.720. The average molecular weight is 378 g/mol. The first-order chi connectivity index (χ1) is 11.1. The third-order valence-electron chi connectivity index (χ3n) is 3.00. The van der Waals surface area contributed by atoms with Crippen LogP contribution >= 0.6 is 15.9 Å². The van der Waals surface area contributed by atoms with Gasteiger partial charge in [-0.25, -0.2) is 9.36 Å². The lowest BCUT2D eigenvalue weighted by atomic mass is 10.4. The standard InChI is InChI=1S/C14H12BrN5O3/c15-11-3-2-10(23-11)14(22)16-7-9-20-13(21)5-4-12(18-20)19-8-1-6-17-19/h1-6,8H,7,9H2,(H,16,22). The molecule has 0 aliphatic rings. The molecule has 3 aromatic heterocycles. The van der Waals surface area contributed by atoms with E-state index in [2.05, 4.69) is 31.4 Å². The normalized spacial score (nSPS) is 10.7. The molecule has 0 aromatic carbocycles. The highest BCUT2D eigenvalue weighted by atomic mass is 79.9. The van der Waals surface area contributed by atoms with Crippen LogP contribution in [0.4, 0.5) is 0 Å². The van der Waals surface area contributed by atoms with E-state index in [-0.39, 0.29) is 30.3 Å². The molecule has 0 bridgehead atoms. The van der Waals surface area contributed by atoms with Crippen molar-refractivity contribution in [2.24, 2.45) is 0 Å². The molecule has 1 amide bonds. The summed E-state index contributed by atoms with van der Waals surface area (Å²) in [5.41, 5.74) is -0.254. The molecule has 1 N–H and O–H groups in total. The predicted octanol–water partition coefficient (Wildman–Crippen LogP) is 1.21. The van der Waals surface area contributed by atoms with Crippen molar-refractivity contribution in [2.75, 3.05) is 6.54 Å². The first kappa shape index (κ1) is 15.2. The van der Waals surface area contributed by atoms with E-state index >= 15 is 0 Å². The lowest BCUT2D eigenvalue weighted by Crippen LogP contribution is -2.32. The van der Waals surface area contributed by atoms with Crippen molar-refractivity contribution in [3.05, 3.63) is 63.5 Å². The Morgan fingerprint density at radius 1 is 1.30 bits per heavy atom. The van der Waals surface area contributed by atoms with E-state index in [0.717, 1.165) is 0 Å². The highest BCUT2D eigenvalue weighted by Gasteiger charge is 2.10. The monoisotopic (exact) mass is 377 g/mol. The molecule has 0 saturated carbocycles. The van der Waals surface area contributed by atoms with Gasteiger partial charge in [-0.05, 0) is 40.2 Å². The van der Waals surface area contributed by atoms with Crippen LogP contribution < -0.4 is 10.9 Å². The molecule has 8 nitrogen and oxygen atoms in total. The van der Waals surface area contributed by atoms with E-state index in [1.807, 2.05) is 0 Å². The Bertz CT molecular complexity index is 869. The third-order valence-corrected chi connectivity index (χ3v) is 3.42. The number of hydrogen-bond donors (Lipinski definition) is 1. The summed E-state index contributed by atoms with van der Waals surface area (Å²) in [5.74, 6) is 0.366. The van der Waals surface area contributed by atoms with Crippen molar-refractivity contribution in [1.82, 2.24) is 24.9 Å². The highest BCUT2D eigenvalue weighted by Crippen LogP contribution is 2.13. The maximum absolute atomic E-state index is 11.8. The van der Waals surface area contributed by atoms with Gasteiger partial charge in [-0.3, -0.25) is 9.59 Å².